The van der Waals surface area contributed by atoms with Crippen LogP contribution in [0, 0.1) is 11.3 Å². The molecule has 1 fully saturated rings. The molecule has 1 aromatic rings. The van der Waals surface area contributed by atoms with Crippen LogP contribution in [0.2, 0.25) is 0 Å². The molecule has 0 aromatic carbocycles. The summed E-state index contributed by atoms with van der Waals surface area (Å²) >= 11 is 0. The first kappa shape index (κ1) is 9.84. The molecule has 1 aromatic heterocycles. The number of nitrogens with zero attached hydrogens (tertiary/aromatic N) is 3. The number of nitriles is 1. The Hall–Kier alpha value is -1.70. The van der Waals surface area contributed by atoms with Crippen molar-refractivity contribution in [2.45, 2.75) is 31.5 Å². The van der Waals surface area contributed by atoms with Gasteiger partial charge in [-0.1, -0.05) is 0 Å². The van der Waals surface area contributed by atoms with Gasteiger partial charge in [-0.05, 0) is 19.3 Å². The van der Waals surface area contributed by atoms with Crippen molar-refractivity contribution in [1.82, 2.24) is 9.97 Å². The number of hydrogen-bond acceptors (Lipinski definition) is 4. The van der Waals surface area contributed by atoms with Crippen molar-refractivity contribution in [3.63, 3.8) is 0 Å². The summed E-state index contributed by atoms with van der Waals surface area (Å²) in [5.74, 6) is 0.384. The van der Waals surface area contributed by atoms with E-state index in [0.717, 1.165) is 12.8 Å². The third kappa shape index (κ3) is 2.04. The largest absolute Gasteiger partial charge is 0.362 e. The third-order valence-corrected chi connectivity index (χ3v) is 2.56. The lowest BCUT2D eigenvalue weighted by molar-refractivity contribution is 0.323. The highest BCUT2D eigenvalue weighted by atomic mass is 19.1. The molecule has 4 nitrogen and oxygen atoms in total. The summed E-state index contributed by atoms with van der Waals surface area (Å²) in [7, 11) is 0. The maximum absolute atomic E-state index is 13.3. The zero-order valence-corrected chi connectivity index (χ0v) is 8.15. The Kier molecular flexibility index (Phi) is 2.77. The third-order valence-electron chi connectivity index (χ3n) is 2.56. The standard InChI is InChI=1S/C10H11FN4/c11-7-2-1-3-8(7)15-10-9(6-12)13-4-5-14-10/h4-5,7-8H,1-3H2,(H,14,15). The van der Waals surface area contributed by atoms with E-state index in [9.17, 15) is 4.39 Å². The van der Waals surface area contributed by atoms with Gasteiger partial charge in [0.05, 0.1) is 6.04 Å². The lowest BCUT2D eigenvalue weighted by atomic mass is 10.2. The Morgan fingerprint density at radius 1 is 1.40 bits per heavy atom. The predicted molar refractivity (Wildman–Crippen MR) is 52.9 cm³/mol. The maximum Gasteiger partial charge on any atom is 0.182 e. The lowest BCUT2D eigenvalue weighted by Crippen LogP contribution is -2.26. The number of anilines is 1. The summed E-state index contributed by atoms with van der Waals surface area (Å²) in [5.41, 5.74) is 0.219. The van der Waals surface area contributed by atoms with E-state index in [1.807, 2.05) is 6.07 Å². The van der Waals surface area contributed by atoms with Gasteiger partial charge in [-0.3, -0.25) is 0 Å². The molecule has 2 atom stereocenters. The van der Waals surface area contributed by atoms with Gasteiger partial charge in [-0.2, -0.15) is 5.26 Å². The first-order valence-electron chi connectivity index (χ1n) is 4.93. The van der Waals surface area contributed by atoms with Crippen LogP contribution in [0.15, 0.2) is 12.4 Å². The molecule has 78 valence electrons. The van der Waals surface area contributed by atoms with Crippen LogP contribution in [0.3, 0.4) is 0 Å². The van der Waals surface area contributed by atoms with Gasteiger partial charge in [-0.15, -0.1) is 0 Å². The van der Waals surface area contributed by atoms with Crippen LogP contribution >= 0.6 is 0 Å². The van der Waals surface area contributed by atoms with Crippen molar-refractivity contribution in [2.24, 2.45) is 0 Å². The first-order chi connectivity index (χ1) is 7.31. The van der Waals surface area contributed by atoms with Crippen molar-refractivity contribution in [1.29, 1.82) is 5.26 Å². The number of halogens is 1. The summed E-state index contributed by atoms with van der Waals surface area (Å²) < 4.78 is 13.3. The smallest absolute Gasteiger partial charge is 0.182 e. The van der Waals surface area contributed by atoms with Crippen LogP contribution in [0.5, 0.6) is 0 Å². The molecule has 1 aliphatic rings. The Morgan fingerprint density at radius 2 is 2.20 bits per heavy atom. The van der Waals surface area contributed by atoms with Crippen LogP contribution in [0.1, 0.15) is 25.0 Å². The van der Waals surface area contributed by atoms with E-state index in [-0.39, 0.29) is 11.7 Å². The van der Waals surface area contributed by atoms with Gasteiger partial charge < -0.3 is 5.32 Å². The Labute approximate surface area is 87.2 Å². The topological polar surface area (TPSA) is 61.6 Å². The molecule has 2 rings (SSSR count). The molecule has 1 heterocycles. The molecule has 0 amide bonds. The van der Waals surface area contributed by atoms with Crippen molar-refractivity contribution in [3.8, 4) is 6.07 Å². The van der Waals surface area contributed by atoms with Gasteiger partial charge in [0, 0.05) is 12.4 Å². The van der Waals surface area contributed by atoms with E-state index in [1.165, 1.54) is 12.4 Å². The van der Waals surface area contributed by atoms with Gasteiger partial charge in [0.25, 0.3) is 0 Å². The second-order valence-electron chi connectivity index (χ2n) is 3.56. The molecule has 0 bridgehead atoms. The van der Waals surface area contributed by atoms with Crippen LogP contribution in [-0.2, 0) is 0 Å². The number of nitrogens with one attached hydrogen (secondary N) is 1. The Balaban J connectivity index is 2.14. The van der Waals surface area contributed by atoms with Gasteiger partial charge in [0.1, 0.15) is 12.2 Å². The summed E-state index contributed by atoms with van der Waals surface area (Å²) in [5, 5.41) is 11.7. The van der Waals surface area contributed by atoms with E-state index in [1.54, 1.807) is 0 Å². The molecule has 0 radical (unpaired) electrons. The minimum absolute atomic E-state index is 0.219. The maximum atomic E-state index is 13.3. The molecule has 0 saturated heterocycles. The molecule has 0 aliphatic heterocycles. The van der Waals surface area contributed by atoms with E-state index in [0.29, 0.717) is 12.2 Å². The Morgan fingerprint density at radius 3 is 2.87 bits per heavy atom. The summed E-state index contributed by atoms with van der Waals surface area (Å²) in [6, 6.07) is 1.70. The zero-order valence-electron chi connectivity index (χ0n) is 8.15. The summed E-state index contributed by atoms with van der Waals surface area (Å²) in [6.45, 7) is 0. The van der Waals surface area contributed by atoms with Gasteiger partial charge in [-0.25, -0.2) is 14.4 Å². The number of rotatable bonds is 2. The fourth-order valence-corrected chi connectivity index (χ4v) is 1.78. The predicted octanol–water partition coefficient (Wildman–Crippen LogP) is 1.65. The normalized spacial score (nSPS) is 24.8. The molecular weight excluding hydrogens is 195 g/mol. The lowest BCUT2D eigenvalue weighted by Gasteiger charge is -2.15. The van der Waals surface area contributed by atoms with Gasteiger partial charge in [0.15, 0.2) is 11.5 Å². The van der Waals surface area contributed by atoms with Crippen LogP contribution < -0.4 is 5.32 Å². The van der Waals surface area contributed by atoms with Gasteiger partial charge >= 0.3 is 0 Å². The molecule has 2 unspecified atom stereocenters. The first-order valence-corrected chi connectivity index (χ1v) is 4.93. The van der Waals surface area contributed by atoms with Gasteiger partial charge in [0.2, 0.25) is 0 Å². The van der Waals surface area contributed by atoms with Crippen molar-refractivity contribution in [3.05, 3.63) is 18.1 Å². The minimum Gasteiger partial charge on any atom is -0.362 e. The van der Waals surface area contributed by atoms with Crippen LogP contribution in [-0.4, -0.2) is 22.2 Å². The molecule has 5 heteroatoms. The Bertz CT molecular complexity index is 387. The number of alkyl halides is 1. The highest BCUT2D eigenvalue weighted by Crippen LogP contribution is 2.25. The molecule has 1 aliphatic carbocycles. The monoisotopic (exact) mass is 206 g/mol. The molecular formula is C10H11FN4. The van der Waals surface area contributed by atoms with E-state index < -0.39 is 6.17 Å². The van der Waals surface area contributed by atoms with Crippen LogP contribution in [0.4, 0.5) is 10.2 Å². The summed E-state index contributed by atoms with van der Waals surface area (Å²) in [6.07, 6.45) is 4.33. The molecule has 1 saturated carbocycles. The molecule has 1 N–H and O–H groups in total. The van der Waals surface area contributed by atoms with E-state index in [2.05, 4.69) is 15.3 Å². The average Bonchev–Trinajstić information content (AvgIpc) is 2.65. The molecule has 15 heavy (non-hydrogen) atoms. The van der Waals surface area contributed by atoms with Crippen molar-refractivity contribution in [2.75, 3.05) is 5.32 Å². The second kappa shape index (κ2) is 4.22. The highest BCUT2D eigenvalue weighted by molar-refractivity contribution is 5.47. The zero-order chi connectivity index (χ0) is 10.7. The SMILES string of the molecule is N#Cc1nccnc1NC1CCCC1F. The van der Waals surface area contributed by atoms with Crippen molar-refractivity contribution >= 4 is 5.82 Å². The van der Waals surface area contributed by atoms with Crippen molar-refractivity contribution < 1.29 is 4.39 Å². The fraction of sp³-hybridized carbons (Fsp3) is 0.500. The summed E-state index contributed by atoms with van der Waals surface area (Å²) in [4.78, 5) is 7.84. The number of hydrogen-bond donors (Lipinski definition) is 1. The van der Waals surface area contributed by atoms with E-state index in [4.69, 9.17) is 5.26 Å². The second-order valence-corrected chi connectivity index (χ2v) is 3.56. The average molecular weight is 206 g/mol. The van der Waals surface area contributed by atoms with E-state index >= 15 is 0 Å². The fourth-order valence-electron chi connectivity index (χ4n) is 1.78. The molecule has 0 spiro atoms. The van der Waals surface area contributed by atoms with Crippen LogP contribution in [0.25, 0.3) is 0 Å². The quantitative estimate of drug-likeness (QED) is 0.799. The highest BCUT2D eigenvalue weighted by Gasteiger charge is 2.27. The number of aromatic nitrogens is 2. The minimum atomic E-state index is -0.849.